The molecule has 2 fully saturated rings. The molecule has 2 rings (SSSR count). The van der Waals surface area contributed by atoms with Gasteiger partial charge in [0.2, 0.25) is 0 Å². The summed E-state index contributed by atoms with van der Waals surface area (Å²) in [5.74, 6) is 3.27. The summed E-state index contributed by atoms with van der Waals surface area (Å²) in [6, 6.07) is 0. The van der Waals surface area contributed by atoms with Crippen LogP contribution in [0.5, 0.6) is 0 Å². The van der Waals surface area contributed by atoms with E-state index in [0.717, 1.165) is 24.3 Å². The van der Waals surface area contributed by atoms with E-state index in [2.05, 4.69) is 39.8 Å². The number of rotatable bonds is 3. The summed E-state index contributed by atoms with van der Waals surface area (Å²) in [6.45, 7) is 0.962. The zero-order chi connectivity index (χ0) is 10.6. The van der Waals surface area contributed by atoms with E-state index in [-0.39, 0.29) is 5.60 Å². The smallest absolute Gasteiger partial charge is 0.0785 e. The fourth-order valence-corrected chi connectivity index (χ4v) is 4.09. The van der Waals surface area contributed by atoms with Gasteiger partial charge in [0, 0.05) is 17.7 Å². The average Bonchev–Trinajstić information content (AvgIpc) is 2.67. The number of alkyl halides is 1. The Bertz CT molecular complexity index is 224. The van der Waals surface area contributed by atoms with E-state index in [1.807, 2.05) is 0 Å². The van der Waals surface area contributed by atoms with Crippen LogP contribution in [0.25, 0.3) is 0 Å². The van der Waals surface area contributed by atoms with Crippen molar-refractivity contribution < 1.29 is 4.74 Å². The first kappa shape index (κ1) is 12.0. The van der Waals surface area contributed by atoms with E-state index >= 15 is 0 Å². The van der Waals surface area contributed by atoms with Crippen LogP contribution in [0.1, 0.15) is 25.7 Å². The van der Waals surface area contributed by atoms with E-state index in [1.54, 1.807) is 0 Å². The fraction of sp³-hybridized carbons (Fsp3) is 0.833. The van der Waals surface area contributed by atoms with Crippen LogP contribution in [0, 0.1) is 5.92 Å². The maximum absolute atomic E-state index is 6.00. The molecule has 0 saturated carbocycles. The minimum atomic E-state index is 0.242. The number of hydrogen-bond acceptors (Lipinski definition) is 2. The van der Waals surface area contributed by atoms with Crippen LogP contribution in [-0.2, 0) is 4.74 Å². The molecule has 0 amide bonds. The molecule has 86 valence electrons. The summed E-state index contributed by atoms with van der Waals surface area (Å²) in [6.07, 6.45) is 9.61. The van der Waals surface area contributed by atoms with E-state index in [4.69, 9.17) is 4.74 Å². The Morgan fingerprint density at radius 2 is 2.47 bits per heavy atom. The summed E-state index contributed by atoms with van der Waals surface area (Å²) in [5.41, 5.74) is 0.242. The second-order valence-corrected chi connectivity index (χ2v) is 6.39. The van der Waals surface area contributed by atoms with Crippen molar-refractivity contribution in [3.05, 3.63) is 12.2 Å². The van der Waals surface area contributed by atoms with Crippen molar-refractivity contribution in [1.82, 2.24) is 0 Å². The second-order valence-electron chi connectivity index (χ2n) is 4.49. The lowest BCUT2D eigenvalue weighted by Gasteiger charge is -2.36. The van der Waals surface area contributed by atoms with Crippen LogP contribution < -0.4 is 0 Å². The van der Waals surface area contributed by atoms with Crippen molar-refractivity contribution in [2.45, 2.75) is 31.3 Å². The topological polar surface area (TPSA) is 9.23 Å². The average molecular weight is 291 g/mol. The Hall–Kier alpha value is 0.530. The first-order valence-electron chi connectivity index (χ1n) is 5.79. The molecule has 3 heteroatoms. The quantitative estimate of drug-likeness (QED) is 0.580. The molecule has 2 saturated heterocycles. The largest absolute Gasteiger partial charge is 0.374 e. The highest BCUT2D eigenvalue weighted by atomic mass is 79.9. The lowest BCUT2D eigenvalue weighted by atomic mass is 9.85. The Kier molecular flexibility index (Phi) is 4.59. The normalized spacial score (nSPS) is 36.7. The van der Waals surface area contributed by atoms with Gasteiger partial charge in [-0.2, -0.15) is 11.8 Å². The molecule has 2 aliphatic heterocycles. The van der Waals surface area contributed by atoms with E-state index in [9.17, 15) is 0 Å². The molecule has 2 aliphatic rings. The molecule has 0 bridgehead atoms. The highest BCUT2D eigenvalue weighted by Gasteiger charge is 2.39. The highest BCUT2D eigenvalue weighted by molar-refractivity contribution is 9.09. The van der Waals surface area contributed by atoms with Gasteiger partial charge in [-0.3, -0.25) is 0 Å². The van der Waals surface area contributed by atoms with Gasteiger partial charge in [-0.15, -0.1) is 0 Å². The molecule has 2 atom stereocenters. The molecular weight excluding hydrogens is 272 g/mol. The second kappa shape index (κ2) is 5.74. The summed E-state index contributed by atoms with van der Waals surface area (Å²) >= 11 is 5.51. The number of hydrogen-bond donors (Lipinski definition) is 0. The van der Waals surface area contributed by atoms with Gasteiger partial charge < -0.3 is 4.74 Å². The standard InChI is InChI=1S/C12H19BrOS/c13-6-2-1-3-11-4-7-14-12(9-11)5-8-15-10-12/h1,3,11H,2,4-10H2/b3-1+. The summed E-state index contributed by atoms with van der Waals surface area (Å²) < 4.78 is 6.00. The Labute approximate surface area is 105 Å². The molecule has 0 aromatic rings. The zero-order valence-corrected chi connectivity index (χ0v) is 11.5. The molecule has 0 aromatic heterocycles. The first-order valence-corrected chi connectivity index (χ1v) is 8.07. The van der Waals surface area contributed by atoms with Gasteiger partial charge in [0.25, 0.3) is 0 Å². The zero-order valence-electron chi connectivity index (χ0n) is 9.08. The molecule has 0 N–H and O–H groups in total. The highest BCUT2D eigenvalue weighted by Crippen LogP contribution is 2.40. The van der Waals surface area contributed by atoms with Crippen molar-refractivity contribution in [3.8, 4) is 0 Å². The van der Waals surface area contributed by atoms with E-state index in [0.29, 0.717) is 0 Å². The third-order valence-electron chi connectivity index (χ3n) is 3.28. The van der Waals surface area contributed by atoms with Gasteiger partial charge in [-0.05, 0) is 37.4 Å². The predicted molar refractivity (Wildman–Crippen MR) is 70.9 cm³/mol. The van der Waals surface area contributed by atoms with Crippen LogP contribution in [0.15, 0.2) is 12.2 Å². The number of ether oxygens (including phenoxy) is 1. The van der Waals surface area contributed by atoms with Crippen molar-refractivity contribution in [1.29, 1.82) is 0 Å². The van der Waals surface area contributed by atoms with Gasteiger partial charge in [0.1, 0.15) is 0 Å². The van der Waals surface area contributed by atoms with Gasteiger partial charge in [-0.25, -0.2) is 0 Å². The van der Waals surface area contributed by atoms with E-state index < -0.39 is 0 Å². The molecule has 0 aliphatic carbocycles. The van der Waals surface area contributed by atoms with E-state index in [1.165, 1.54) is 30.8 Å². The predicted octanol–water partition coefficient (Wildman–Crippen LogP) is 3.63. The molecule has 1 nitrogen and oxygen atoms in total. The number of halogens is 1. The molecular formula is C12H19BrOS. The lowest BCUT2D eigenvalue weighted by molar-refractivity contribution is -0.0718. The minimum absolute atomic E-state index is 0.242. The Balaban J connectivity index is 1.86. The summed E-state index contributed by atoms with van der Waals surface area (Å²) in [5, 5.41) is 1.08. The Morgan fingerprint density at radius 1 is 1.53 bits per heavy atom. The molecule has 1 spiro atoms. The SMILES string of the molecule is BrCC/C=C/C1CCOC2(CCSC2)C1. The fourth-order valence-electron chi connectivity index (χ4n) is 2.44. The van der Waals surface area contributed by atoms with Crippen molar-refractivity contribution in [2.75, 3.05) is 23.4 Å². The van der Waals surface area contributed by atoms with Gasteiger partial charge in [0.15, 0.2) is 0 Å². The van der Waals surface area contributed by atoms with Crippen LogP contribution in [0.2, 0.25) is 0 Å². The van der Waals surface area contributed by atoms with Crippen LogP contribution in [0.4, 0.5) is 0 Å². The molecule has 2 heterocycles. The van der Waals surface area contributed by atoms with Gasteiger partial charge in [0.05, 0.1) is 5.60 Å². The summed E-state index contributed by atoms with van der Waals surface area (Å²) in [4.78, 5) is 0. The molecule has 0 aromatic carbocycles. The molecule has 0 radical (unpaired) electrons. The van der Waals surface area contributed by atoms with Gasteiger partial charge in [-0.1, -0.05) is 28.1 Å². The van der Waals surface area contributed by atoms with Crippen molar-refractivity contribution in [3.63, 3.8) is 0 Å². The van der Waals surface area contributed by atoms with Gasteiger partial charge >= 0.3 is 0 Å². The third kappa shape index (κ3) is 3.24. The van der Waals surface area contributed by atoms with Crippen molar-refractivity contribution >= 4 is 27.7 Å². The summed E-state index contributed by atoms with van der Waals surface area (Å²) in [7, 11) is 0. The lowest BCUT2D eigenvalue weighted by Crippen LogP contribution is -2.39. The minimum Gasteiger partial charge on any atom is -0.374 e. The molecule has 2 unspecified atom stereocenters. The third-order valence-corrected chi connectivity index (χ3v) is 4.96. The number of thioether (sulfide) groups is 1. The maximum atomic E-state index is 6.00. The first-order chi connectivity index (χ1) is 7.35. The van der Waals surface area contributed by atoms with Crippen molar-refractivity contribution in [2.24, 2.45) is 5.92 Å². The van der Waals surface area contributed by atoms with Crippen LogP contribution >= 0.6 is 27.7 Å². The van der Waals surface area contributed by atoms with Crippen LogP contribution in [0.3, 0.4) is 0 Å². The Morgan fingerprint density at radius 3 is 3.20 bits per heavy atom. The van der Waals surface area contributed by atoms with Crippen LogP contribution in [-0.4, -0.2) is 29.0 Å². The maximum Gasteiger partial charge on any atom is 0.0785 e. The molecule has 15 heavy (non-hydrogen) atoms. The monoisotopic (exact) mass is 290 g/mol. The number of allylic oxidation sites excluding steroid dienone is 2.